The van der Waals surface area contributed by atoms with Crippen molar-refractivity contribution < 1.29 is 28.8 Å². The lowest BCUT2D eigenvalue weighted by atomic mass is 10.1. The Morgan fingerprint density at radius 3 is 2.34 bits per heavy atom. The molecule has 1 heterocycles. The SMILES string of the molecule is COc1ccc(/C=C(\NC(=O)c2ccccc2)C(=O)Nc2ccc(SC(C)C(=O)Nc3nc(-c4cccc([N+](=O)[O-])c4)cs3)cc2)cc1OC. The Kier molecular flexibility index (Phi) is 11.6. The van der Waals surface area contributed by atoms with Gasteiger partial charge in [-0.3, -0.25) is 24.5 Å². The van der Waals surface area contributed by atoms with Crippen LogP contribution in [0.15, 0.2) is 113 Å². The largest absolute Gasteiger partial charge is 0.493 e. The van der Waals surface area contributed by atoms with Crippen LogP contribution >= 0.6 is 23.1 Å². The number of non-ortho nitro benzene ring substituents is 1. The van der Waals surface area contributed by atoms with Gasteiger partial charge in [-0.05, 0) is 67.1 Å². The van der Waals surface area contributed by atoms with Gasteiger partial charge in [0.15, 0.2) is 16.6 Å². The molecular weight excluding hydrogens is 679 g/mol. The molecule has 1 atom stereocenters. The summed E-state index contributed by atoms with van der Waals surface area (Å²) < 4.78 is 10.7. The minimum Gasteiger partial charge on any atom is -0.493 e. The van der Waals surface area contributed by atoms with Gasteiger partial charge in [-0.15, -0.1) is 23.1 Å². The molecule has 0 radical (unpaired) electrons. The van der Waals surface area contributed by atoms with E-state index in [1.54, 1.807) is 97.2 Å². The summed E-state index contributed by atoms with van der Waals surface area (Å²) in [4.78, 5) is 55.3. The number of carbonyl (C=O) groups is 3. The predicted octanol–water partition coefficient (Wildman–Crippen LogP) is 7.26. The molecule has 12 nitrogen and oxygen atoms in total. The second-order valence-electron chi connectivity index (χ2n) is 10.6. The van der Waals surface area contributed by atoms with E-state index < -0.39 is 22.0 Å². The lowest BCUT2D eigenvalue weighted by Crippen LogP contribution is -2.30. The third kappa shape index (κ3) is 9.12. The average Bonchev–Trinajstić information content (AvgIpc) is 3.60. The van der Waals surface area contributed by atoms with Gasteiger partial charge < -0.3 is 25.4 Å². The zero-order valence-electron chi connectivity index (χ0n) is 27.0. The number of ether oxygens (including phenoxy) is 2. The molecule has 50 heavy (non-hydrogen) atoms. The number of thioether (sulfide) groups is 1. The second kappa shape index (κ2) is 16.4. The molecule has 3 N–H and O–H groups in total. The van der Waals surface area contributed by atoms with E-state index in [-0.39, 0.29) is 17.3 Å². The van der Waals surface area contributed by atoms with Gasteiger partial charge in [-0.1, -0.05) is 36.4 Å². The van der Waals surface area contributed by atoms with E-state index in [9.17, 15) is 24.5 Å². The molecule has 4 aromatic carbocycles. The number of nitrogens with zero attached hydrogens (tertiary/aromatic N) is 2. The number of methoxy groups -OCH3 is 2. The van der Waals surface area contributed by atoms with Crippen molar-refractivity contribution in [3.63, 3.8) is 0 Å². The topological polar surface area (TPSA) is 162 Å². The fourth-order valence-corrected chi connectivity index (χ4v) is 6.16. The molecule has 0 fully saturated rings. The Morgan fingerprint density at radius 1 is 0.900 bits per heavy atom. The van der Waals surface area contributed by atoms with Crippen molar-refractivity contribution in [2.75, 3.05) is 24.9 Å². The lowest BCUT2D eigenvalue weighted by molar-refractivity contribution is -0.384. The van der Waals surface area contributed by atoms with Crippen LogP contribution in [0, 0.1) is 10.1 Å². The van der Waals surface area contributed by atoms with E-state index in [0.29, 0.717) is 44.7 Å². The summed E-state index contributed by atoms with van der Waals surface area (Å²) in [6.07, 6.45) is 1.54. The number of thiazole rings is 1. The number of amides is 3. The Hall–Kier alpha value is -5.99. The van der Waals surface area contributed by atoms with Gasteiger partial charge in [0, 0.05) is 39.2 Å². The van der Waals surface area contributed by atoms with Gasteiger partial charge in [0.25, 0.3) is 17.5 Å². The predicted molar refractivity (Wildman–Crippen MR) is 195 cm³/mol. The number of hydrogen-bond acceptors (Lipinski definition) is 10. The first-order valence-corrected chi connectivity index (χ1v) is 16.8. The number of nitro benzene ring substituents is 1. The maximum absolute atomic E-state index is 13.5. The number of anilines is 2. The van der Waals surface area contributed by atoms with Crippen molar-refractivity contribution >= 4 is 63.4 Å². The maximum Gasteiger partial charge on any atom is 0.272 e. The van der Waals surface area contributed by atoms with Crippen LogP contribution in [-0.4, -0.2) is 47.1 Å². The number of carbonyl (C=O) groups excluding carboxylic acids is 3. The summed E-state index contributed by atoms with van der Waals surface area (Å²) in [6.45, 7) is 1.76. The number of hydrogen-bond donors (Lipinski definition) is 3. The van der Waals surface area contributed by atoms with E-state index in [0.717, 1.165) is 4.90 Å². The third-order valence-electron chi connectivity index (χ3n) is 7.13. The van der Waals surface area contributed by atoms with E-state index in [2.05, 4.69) is 20.9 Å². The Labute approximate surface area is 295 Å². The maximum atomic E-state index is 13.5. The fourth-order valence-electron chi connectivity index (χ4n) is 4.57. The molecule has 0 aliphatic heterocycles. The van der Waals surface area contributed by atoms with Crippen molar-refractivity contribution in [2.24, 2.45) is 0 Å². The van der Waals surface area contributed by atoms with Crippen LogP contribution in [-0.2, 0) is 9.59 Å². The molecule has 0 saturated carbocycles. The zero-order chi connectivity index (χ0) is 35.6. The number of benzene rings is 4. The fraction of sp³-hybridized carbons (Fsp3) is 0.111. The van der Waals surface area contributed by atoms with Crippen LogP contribution in [0.1, 0.15) is 22.8 Å². The van der Waals surface area contributed by atoms with Crippen molar-refractivity contribution in [2.45, 2.75) is 17.1 Å². The summed E-state index contributed by atoms with van der Waals surface area (Å²) in [6, 6.07) is 26.7. The standard InChI is InChI=1S/C36H31N5O7S2/c1-22(33(42)40-36-39-30(21-49-36)25-10-7-11-27(20-25)41(45)46)50-28-15-13-26(14-16-28)37-35(44)29(38-34(43)24-8-5-4-6-9-24)18-23-12-17-31(47-2)32(19-23)48-3/h4-22H,1-3H3,(H,37,44)(H,38,43)(H,39,40,42)/b29-18-. The molecule has 254 valence electrons. The summed E-state index contributed by atoms with van der Waals surface area (Å²) in [5.41, 5.74) is 2.51. The average molecular weight is 710 g/mol. The smallest absolute Gasteiger partial charge is 0.272 e. The molecule has 5 rings (SSSR count). The highest BCUT2D eigenvalue weighted by molar-refractivity contribution is 8.00. The molecule has 3 amide bonds. The summed E-state index contributed by atoms with van der Waals surface area (Å²) in [7, 11) is 3.03. The Bertz CT molecular complexity index is 2050. The Morgan fingerprint density at radius 2 is 1.64 bits per heavy atom. The number of nitro groups is 1. The molecular formula is C36H31N5O7S2. The van der Waals surface area contributed by atoms with Crippen LogP contribution in [0.25, 0.3) is 17.3 Å². The molecule has 0 spiro atoms. The van der Waals surface area contributed by atoms with E-state index in [4.69, 9.17) is 9.47 Å². The molecule has 14 heteroatoms. The van der Waals surface area contributed by atoms with E-state index in [1.165, 1.54) is 55.5 Å². The molecule has 1 unspecified atom stereocenters. The second-order valence-corrected chi connectivity index (χ2v) is 12.8. The molecule has 5 aromatic rings. The Balaban J connectivity index is 1.24. The quantitative estimate of drug-likeness (QED) is 0.0494. The molecule has 0 saturated heterocycles. The van der Waals surface area contributed by atoms with E-state index >= 15 is 0 Å². The van der Waals surface area contributed by atoms with Crippen LogP contribution in [0.3, 0.4) is 0 Å². The number of nitrogens with one attached hydrogen (secondary N) is 3. The van der Waals surface area contributed by atoms with Crippen LogP contribution in [0.4, 0.5) is 16.5 Å². The van der Waals surface area contributed by atoms with Crippen molar-refractivity contribution in [3.05, 3.63) is 129 Å². The van der Waals surface area contributed by atoms with Gasteiger partial charge in [-0.25, -0.2) is 4.98 Å². The molecule has 0 bridgehead atoms. The highest BCUT2D eigenvalue weighted by Crippen LogP contribution is 2.31. The van der Waals surface area contributed by atoms with Crippen LogP contribution in [0.2, 0.25) is 0 Å². The normalized spacial score (nSPS) is 11.6. The molecule has 0 aliphatic carbocycles. The minimum atomic E-state index is -0.551. The summed E-state index contributed by atoms with van der Waals surface area (Å²) in [5.74, 6) is -0.298. The zero-order valence-corrected chi connectivity index (χ0v) is 28.7. The van der Waals surface area contributed by atoms with Gasteiger partial charge in [0.05, 0.1) is 30.1 Å². The van der Waals surface area contributed by atoms with Gasteiger partial charge in [-0.2, -0.15) is 0 Å². The minimum absolute atomic E-state index is 0.00523. The number of aromatic nitrogens is 1. The first-order chi connectivity index (χ1) is 24.1. The summed E-state index contributed by atoms with van der Waals surface area (Å²) in [5, 5.41) is 21.1. The van der Waals surface area contributed by atoms with Crippen LogP contribution < -0.4 is 25.4 Å². The van der Waals surface area contributed by atoms with E-state index in [1.807, 2.05) is 0 Å². The van der Waals surface area contributed by atoms with Gasteiger partial charge >= 0.3 is 0 Å². The monoisotopic (exact) mass is 709 g/mol. The van der Waals surface area contributed by atoms with Gasteiger partial charge in [0.1, 0.15) is 5.70 Å². The van der Waals surface area contributed by atoms with Crippen molar-refractivity contribution in [1.29, 1.82) is 0 Å². The van der Waals surface area contributed by atoms with Crippen molar-refractivity contribution in [1.82, 2.24) is 10.3 Å². The first kappa shape index (κ1) is 35.3. The molecule has 1 aromatic heterocycles. The molecule has 0 aliphatic rings. The highest BCUT2D eigenvalue weighted by Gasteiger charge is 2.19. The van der Waals surface area contributed by atoms with Crippen LogP contribution in [0.5, 0.6) is 11.5 Å². The highest BCUT2D eigenvalue weighted by atomic mass is 32.2. The van der Waals surface area contributed by atoms with Gasteiger partial charge in [0.2, 0.25) is 5.91 Å². The third-order valence-corrected chi connectivity index (χ3v) is 9.00. The first-order valence-electron chi connectivity index (χ1n) is 15.0. The summed E-state index contributed by atoms with van der Waals surface area (Å²) >= 11 is 2.54. The number of rotatable bonds is 13. The lowest BCUT2D eigenvalue weighted by Gasteiger charge is -2.13. The van der Waals surface area contributed by atoms with Crippen molar-refractivity contribution in [3.8, 4) is 22.8 Å².